The van der Waals surface area contributed by atoms with Crippen LogP contribution in [0.1, 0.15) is 19.8 Å². The second-order valence-electron chi connectivity index (χ2n) is 6.74. The van der Waals surface area contributed by atoms with Gasteiger partial charge in [-0.1, -0.05) is 0 Å². The van der Waals surface area contributed by atoms with Gasteiger partial charge < -0.3 is 15.5 Å². The molecular weight excluding hydrogens is 294 g/mol. The number of urea groups is 1. The Hall–Kier alpha value is -1.34. The van der Waals surface area contributed by atoms with E-state index in [1.54, 1.807) is 14.1 Å². The highest BCUT2D eigenvalue weighted by molar-refractivity contribution is 5.77. The van der Waals surface area contributed by atoms with Crippen molar-refractivity contribution in [3.63, 3.8) is 0 Å². The number of carbonyl (C=O) groups is 2. The van der Waals surface area contributed by atoms with Crippen molar-refractivity contribution in [1.29, 1.82) is 0 Å². The largest absolute Gasteiger partial charge is 0.358 e. The van der Waals surface area contributed by atoms with Gasteiger partial charge in [0, 0.05) is 59.4 Å². The molecule has 132 valence electrons. The van der Waals surface area contributed by atoms with Gasteiger partial charge in [-0.25, -0.2) is 4.79 Å². The van der Waals surface area contributed by atoms with Gasteiger partial charge in [0.05, 0.1) is 6.54 Å². The molecule has 7 heteroatoms. The van der Waals surface area contributed by atoms with Crippen molar-refractivity contribution in [1.82, 2.24) is 25.3 Å². The van der Waals surface area contributed by atoms with Gasteiger partial charge in [0.2, 0.25) is 5.91 Å². The fraction of sp³-hybridized carbons (Fsp3) is 0.875. The lowest BCUT2D eigenvalue weighted by molar-refractivity contribution is -0.122. The molecule has 0 aromatic rings. The molecule has 23 heavy (non-hydrogen) atoms. The first kappa shape index (κ1) is 18.0. The van der Waals surface area contributed by atoms with Crippen LogP contribution in [0, 0.1) is 5.92 Å². The van der Waals surface area contributed by atoms with Crippen LogP contribution in [0.25, 0.3) is 0 Å². The van der Waals surface area contributed by atoms with E-state index in [0.717, 1.165) is 52.1 Å². The van der Waals surface area contributed by atoms with E-state index in [1.165, 1.54) is 0 Å². The van der Waals surface area contributed by atoms with Gasteiger partial charge in [0.1, 0.15) is 0 Å². The van der Waals surface area contributed by atoms with E-state index in [1.807, 2.05) is 4.90 Å². The fourth-order valence-electron chi connectivity index (χ4n) is 3.58. The van der Waals surface area contributed by atoms with Gasteiger partial charge in [-0.3, -0.25) is 14.6 Å². The third kappa shape index (κ3) is 5.07. The number of nitrogens with one attached hydrogen (secondary N) is 2. The fourth-order valence-corrected chi connectivity index (χ4v) is 3.58. The van der Waals surface area contributed by atoms with Crippen molar-refractivity contribution in [2.45, 2.75) is 25.8 Å². The van der Waals surface area contributed by atoms with Gasteiger partial charge in [-0.15, -0.1) is 0 Å². The first-order valence-electron chi connectivity index (χ1n) is 8.67. The smallest absolute Gasteiger partial charge is 0.317 e. The second-order valence-corrected chi connectivity index (χ2v) is 6.74. The normalized spacial score (nSPS) is 24.5. The zero-order chi connectivity index (χ0) is 16.8. The predicted octanol–water partition coefficient (Wildman–Crippen LogP) is -0.210. The summed E-state index contributed by atoms with van der Waals surface area (Å²) in [6, 6.07) is 0.519. The average molecular weight is 325 g/mol. The zero-order valence-corrected chi connectivity index (χ0v) is 14.7. The molecule has 0 spiro atoms. The highest BCUT2D eigenvalue weighted by Gasteiger charge is 2.29. The van der Waals surface area contributed by atoms with Gasteiger partial charge in [0.15, 0.2) is 0 Å². The highest BCUT2D eigenvalue weighted by atomic mass is 16.2. The lowest BCUT2D eigenvalue weighted by atomic mass is 9.95. The third-order valence-electron chi connectivity index (χ3n) is 5.10. The molecule has 0 aliphatic carbocycles. The molecule has 2 aliphatic heterocycles. The molecule has 2 saturated heterocycles. The van der Waals surface area contributed by atoms with E-state index < -0.39 is 0 Å². The molecule has 0 saturated carbocycles. The number of amides is 3. The SMILES string of the molecule is CNC(=O)CN1CCN(CC2CCN(C(=O)NC)CC2)[C@@H](C)C1. The first-order valence-corrected chi connectivity index (χ1v) is 8.67. The summed E-state index contributed by atoms with van der Waals surface area (Å²) in [6.45, 7) is 8.49. The standard InChI is InChI=1S/C16H31N5O2/c1-13-10-19(12-15(22)17-2)8-9-21(13)11-14-4-6-20(7-5-14)16(23)18-3/h13-14H,4-12H2,1-3H3,(H,17,22)(H,18,23)/t13-/m0/s1. The van der Waals surface area contributed by atoms with Crippen molar-refractivity contribution in [2.75, 3.05) is 59.9 Å². The molecule has 2 fully saturated rings. The van der Waals surface area contributed by atoms with Crippen LogP contribution in [0.15, 0.2) is 0 Å². The Morgan fingerprint density at radius 2 is 1.74 bits per heavy atom. The van der Waals surface area contributed by atoms with Crippen LogP contribution < -0.4 is 10.6 Å². The Morgan fingerprint density at radius 3 is 2.30 bits per heavy atom. The summed E-state index contributed by atoms with van der Waals surface area (Å²) in [6.07, 6.45) is 2.16. The monoisotopic (exact) mass is 325 g/mol. The van der Waals surface area contributed by atoms with Crippen molar-refractivity contribution in [3.8, 4) is 0 Å². The zero-order valence-electron chi connectivity index (χ0n) is 14.7. The maximum Gasteiger partial charge on any atom is 0.317 e. The number of likely N-dealkylation sites (N-methyl/N-ethyl adjacent to an activating group) is 1. The molecular formula is C16H31N5O2. The summed E-state index contributed by atoms with van der Waals surface area (Å²) in [5, 5.41) is 5.39. The number of piperazine rings is 1. The Labute approximate surface area is 139 Å². The summed E-state index contributed by atoms with van der Waals surface area (Å²) in [7, 11) is 3.38. The molecule has 7 nitrogen and oxygen atoms in total. The Kier molecular flexibility index (Phi) is 6.65. The lowest BCUT2D eigenvalue weighted by Gasteiger charge is -2.42. The summed E-state index contributed by atoms with van der Waals surface area (Å²) in [5.74, 6) is 0.760. The minimum absolute atomic E-state index is 0.0413. The summed E-state index contributed by atoms with van der Waals surface area (Å²) < 4.78 is 0. The van der Waals surface area contributed by atoms with Crippen LogP contribution in [-0.2, 0) is 4.79 Å². The first-order chi connectivity index (χ1) is 11.0. The molecule has 0 bridgehead atoms. The molecule has 2 heterocycles. The Morgan fingerprint density at radius 1 is 1.04 bits per heavy atom. The Bertz CT molecular complexity index is 409. The molecule has 1 atom stereocenters. The minimum atomic E-state index is 0.0413. The molecule has 0 radical (unpaired) electrons. The van der Waals surface area contributed by atoms with Crippen LogP contribution in [0.5, 0.6) is 0 Å². The number of likely N-dealkylation sites (tertiary alicyclic amines) is 1. The summed E-state index contributed by atoms with van der Waals surface area (Å²) in [4.78, 5) is 29.8. The van der Waals surface area contributed by atoms with Gasteiger partial charge >= 0.3 is 6.03 Å². The Balaban J connectivity index is 1.73. The maximum atomic E-state index is 11.6. The predicted molar refractivity (Wildman–Crippen MR) is 90.3 cm³/mol. The van der Waals surface area contributed by atoms with Gasteiger partial charge in [-0.05, 0) is 25.7 Å². The molecule has 2 aliphatic rings. The van der Waals surface area contributed by atoms with Gasteiger partial charge in [0.25, 0.3) is 0 Å². The van der Waals surface area contributed by atoms with E-state index in [0.29, 0.717) is 18.5 Å². The molecule has 3 amide bonds. The number of piperidine rings is 1. The van der Waals surface area contributed by atoms with Gasteiger partial charge in [-0.2, -0.15) is 0 Å². The lowest BCUT2D eigenvalue weighted by Crippen LogP contribution is -2.55. The molecule has 2 N–H and O–H groups in total. The van der Waals surface area contributed by atoms with Crippen molar-refractivity contribution in [3.05, 3.63) is 0 Å². The van der Waals surface area contributed by atoms with E-state index in [9.17, 15) is 9.59 Å². The number of nitrogens with zero attached hydrogens (tertiary/aromatic N) is 3. The maximum absolute atomic E-state index is 11.6. The molecule has 2 rings (SSSR count). The van der Waals surface area contributed by atoms with Crippen LogP contribution in [0.2, 0.25) is 0 Å². The van der Waals surface area contributed by atoms with E-state index in [2.05, 4.69) is 27.4 Å². The van der Waals surface area contributed by atoms with E-state index >= 15 is 0 Å². The van der Waals surface area contributed by atoms with Crippen molar-refractivity contribution >= 4 is 11.9 Å². The minimum Gasteiger partial charge on any atom is -0.358 e. The number of carbonyl (C=O) groups excluding carboxylic acids is 2. The quantitative estimate of drug-likeness (QED) is 0.751. The molecule has 0 aromatic heterocycles. The van der Waals surface area contributed by atoms with E-state index in [4.69, 9.17) is 0 Å². The topological polar surface area (TPSA) is 67.9 Å². The average Bonchev–Trinajstić information content (AvgIpc) is 2.57. The number of rotatable bonds is 4. The van der Waals surface area contributed by atoms with Crippen LogP contribution >= 0.6 is 0 Å². The number of hydrogen-bond acceptors (Lipinski definition) is 4. The third-order valence-corrected chi connectivity index (χ3v) is 5.10. The molecule has 0 aromatic carbocycles. The number of hydrogen-bond donors (Lipinski definition) is 2. The molecule has 0 unspecified atom stereocenters. The van der Waals surface area contributed by atoms with Crippen LogP contribution in [0.3, 0.4) is 0 Å². The second kappa shape index (κ2) is 8.49. The van der Waals surface area contributed by atoms with Crippen LogP contribution in [-0.4, -0.2) is 92.6 Å². The van der Waals surface area contributed by atoms with Crippen molar-refractivity contribution < 1.29 is 9.59 Å². The van der Waals surface area contributed by atoms with E-state index in [-0.39, 0.29) is 11.9 Å². The summed E-state index contributed by atoms with van der Waals surface area (Å²) in [5.41, 5.74) is 0. The van der Waals surface area contributed by atoms with Crippen molar-refractivity contribution in [2.24, 2.45) is 5.92 Å². The highest BCUT2D eigenvalue weighted by Crippen LogP contribution is 2.21. The summed E-state index contributed by atoms with van der Waals surface area (Å²) >= 11 is 0. The van der Waals surface area contributed by atoms with Crippen LogP contribution in [0.4, 0.5) is 4.79 Å².